The van der Waals surface area contributed by atoms with Crippen molar-refractivity contribution in [2.24, 2.45) is 0 Å². The molecule has 1 atom stereocenters. The number of carbonyl (C=O) groups is 1. The van der Waals surface area contributed by atoms with E-state index in [0.717, 1.165) is 37.3 Å². The number of hydrogen-bond acceptors (Lipinski definition) is 4. The molecule has 0 aromatic carbocycles. The van der Waals surface area contributed by atoms with Crippen LogP contribution in [0.25, 0.3) is 5.52 Å². The predicted octanol–water partition coefficient (Wildman–Crippen LogP) is 2.71. The van der Waals surface area contributed by atoms with Crippen molar-refractivity contribution in [1.29, 1.82) is 0 Å². The van der Waals surface area contributed by atoms with E-state index < -0.39 is 0 Å². The van der Waals surface area contributed by atoms with E-state index >= 15 is 0 Å². The first kappa shape index (κ1) is 15.0. The van der Waals surface area contributed by atoms with Gasteiger partial charge in [-0.3, -0.25) is 4.40 Å². The summed E-state index contributed by atoms with van der Waals surface area (Å²) in [6.07, 6.45) is 4.12. The molecule has 3 heterocycles. The standard InChI is InChI=1S/C17H23N3O2/c1-12(2)19-9-5-6-13(11-19)16-18-10-14-7-4-8-15(20(14)16)17(21)22-3/h4,7-8,10,12-13H,5-6,9,11H2,1-3H3. The van der Waals surface area contributed by atoms with Gasteiger partial charge < -0.3 is 9.64 Å². The highest BCUT2D eigenvalue weighted by Gasteiger charge is 2.27. The fourth-order valence-corrected chi connectivity index (χ4v) is 3.31. The topological polar surface area (TPSA) is 46.8 Å². The van der Waals surface area contributed by atoms with Crippen LogP contribution in [-0.2, 0) is 4.74 Å². The molecule has 2 aromatic rings. The summed E-state index contributed by atoms with van der Waals surface area (Å²) in [5.74, 6) is 1.01. The van der Waals surface area contributed by atoms with Gasteiger partial charge in [0.25, 0.3) is 0 Å². The molecule has 0 saturated carbocycles. The lowest BCUT2D eigenvalue weighted by molar-refractivity contribution is 0.0591. The lowest BCUT2D eigenvalue weighted by Crippen LogP contribution is -2.39. The van der Waals surface area contributed by atoms with Crippen LogP contribution in [0.1, 0.15) is 48.9 Å². The number of esters is 1. The molecule has 5 heteroatoms. The zero-order valence-corrected chi connectivity index (χ0v) is 13.5. The second kappa shape index (κ2) is 6.08. The largest absolute Gasteiger partial charge is 0.464 e. The van der Waals surface area contributed by atoms with Crippen LogP contribution in [0.3, 0.4) is 0 Å². The summed E-state index contributed by atoms with van der Waals surface area (Å²) >= 11 is 0. The number of fused-ring (bicyclic) bond motifs is 1. The average molecular weight is 301 g/mol. The number of ether oxygens (including phenoxy) is 1. The van der Waals surface area contributed by atoms with E-state index in [1.165, 1.54) is 7.11 Å². The summed E-state index contributed by atoms with van der Waals surface area (Å²) in [7, 11) is 1.42. The van der Waals surface area contributed by atoms with Gasteiger partial charge in [0.05, 0.1) is 18.8 Å². The van der Waals surface area contributed by atoms with Crippen molar-refractivity contribution < 1.29 is 9.53 Å². The number of imidazole rings is 1. The van der Waals surface area contributed by atoms with Gasteiger partial charge in [-0.2, -0.15) is 0 Å². The van der Waals surface area contributed by atoms with Crippen LogP contribution in [0.15, 0.2) is 24.4 Å². The summed E-state index contributed by atoms with van der Waals surface area (Å²) in [5.41, 5.74) is 1.49. The van der Waals surface area contributed by atoms with Crippen LogP contribution in [-0.4, -0.2) is 46.5 Å². The minimum absolute atomic E-state index is 0.318. The van der Waals surface area contributed by atoms with Crippen LogP contribution < -0.4 is 0 Å². The molecule has 0 aliphatic carbocycles. The van der Waals surface area contributed by atoms with Gasteiger partial charge in [0.15, 0.2) is 0 Å². The van der Waals surface area contributed by atoms with Crippen LogP contribution in [0, 0.1) is 0 Å². The van der Waals surface area contributed by atoms with Gasteiger partial charge in [-0.1, -0.05) is 6.07 Å². The number of carbonyl (C=O) groups excluding carboxylic acids is 1. The molecule has 22 heavy (non-hydrogen) atoms. The van der Waals surface area contributed by atoms with Crippen molar-refractivity contribution >= 4 is 11.5 Å². The van der Waals surface area contributed by atoms with E-state index in [-0.39, 0.29) is 5.97 Å². The molecule has 1 saturated heterocycles. The van der Waals surface area contributed by atoms with Crippen LogP contribution in [0.4, 0.5) is 0 Å². The van der Waals surface area contributed by atoms with Crippen LogP contribution >= 0.6 is 0 Å². The summed E-state index contributed by atoms with van der Waals surface area (Å²) in [5, 5.41) is 0. The molecule has 0 N–H and O–H groups in total. The number of pyridine rings is 1. The zero-order chi connectivity index (χ0) is 15.7. The Bertz CT molecular complexity index is 678. The normalized spacial score (nSPS) is 19.7. The number of rotatable bonds is 3. The van der Waals surface area contributed by atoms with Crippen LogP contribution in [0.5, 0.6) is 0 Å². The highest BCUT2D eigenvalue weighted by molar-refractivity contribution is 5.88. The number of likely N-dealkylation sites (tertiary alicyclic amines) is 1. The minimum Gasteiger partial charge on any atom is -0.464 e. The van der Waals surface area contributed by atoms with Gasteiger partial charge in [0.2, 0.25) is 0 Å². The van der Waals surface area contributed by atoms with Gasteiger partial charge in [0, 0.05) is 18.5 Å². The van der Waals surface area contributed by atoms with Gasteiger partial charge in [-0.05, 0) is 45.4 Å². The molecule has 118 valence electrons. The monoisotopic (exact) mass is 301 g/mol. The maximum Gasteiger partial charge on any atom is 0.355 e. The second-order valence-electron chi connectivity index (χ2n) is 6.21. The van der Waals surface area contributed by atoms with Gasteiger partial charge in [-0.25, -0.2) is 9.78 Å². The van der Waals surface area contributed by atoms with E-state index in [4.69, 9.17) is 4.74 Å². The Balaban J connectivity index is 2.02. The van der Waals surface area contributed by atoms with E-state index in [2.05, 4.69) is 23.7 Å². The predicted molar refractivity (Wildman–Crippen MR) is 85.2 cm³/mol. The van der Waals surface area contributed by atoms with E-state index in [1.807, 2.05) is 22.7 Å². The van der Waals surface area contributed by atoms with E-state index in [1.54, 1.807) is 6.07 Å². The number of nitrogens with zero attached hydrogens (tertiary/aromatic N) is 3. The third kappa shape index (κ3) is 2.61. The highest BCUT2D eigenvalue weighted by atomic mass is 16.5. The van der Waals surface area contributed by atoms with Gasteiger partial charge in [0.1, 0.15) is 11.5 Å². The highest BCUT2D eigenvalue weighted by Crippen LogP contribution is 2.28. The Hall–Kier alpha value is -1.88. The van der Waals surface area contributed by atoms with Crippen molar-refractivity contribution in [2.75, 3.05) is 20.2 Å². The molecular formula is C17H23N3O2. The first-order valence-electron chi connectivity index (χ1n) is 7.90. The molecule has 1 aliphatic rings. The molecule has 0 bridgehead atoms. The summed E-state index contributed by atoms with van der Waals surface area (Å²) in [6.45, 7) is 6.59. The summed E-state index contributed by atoms with van der Waals surface area (Å²) in [6, 6.07) is 6.18. The van der Waals surface area contributed by atoms with Gasteiger partial charge in [-0.15, -0.1) is 0 Å². The quantitative estimate of drug-likeness (QED) is 0.818. The molecule has 5 nitrogen and oxygen atoms in total. The minimum atomic E-state index is -0.318. The molecule has 0 amide bonds. The SMILES string of the molecule is COC(=O)c1cccc2cnc(C3CCCN(C(C)C)C3)n12. The number of methoxy groups -OCH3 is 1. The Kier molecular flexibility index (Phi) is 4.16. The fraction of sp³-hybridized carbons (Fsp3) is 0.529. The zero-order valence-electron chi connectivity index (χ0n) is 13.5. The maximum absolute atomic E-state index is 12.1. The van der Waals surface area contributed by atoms with Crippen molar-refractivity contribution in [1.82, 2.24) is 14.3 Å². The maximum atomic E-state index is 12.1. The Morgan fingerprint density at radius 3 is 2.95 bits per heavy atom. The van der Waals surface area contributed by atoms with Crippen molar-refractivity contribution in [3.8, 4) is 0 Å². The lowest BCUT2D eigenvalue weighted by atomic mass is 9.96. The van der Waals surface area contributed by atoms with Gasteiger partial charge >= 0.3 is 5.97 Å². The molecule has 1 unspecified atom stereocenters. The number of hydrogen-bond donors (Lipinski definition) is 0. The first-order chi connectivity index (χ1) is 10.6. The molecule has 0 radical (unpaired) electrons. The number of piperidine rings is 1. The number of aromatic nitrogens is 2. The molecule has 1 fully saturated rings. The van der Waals surface area contributed by atoms with Crippen molar-refractivity contribution in [3.05, 3.63) is 35.9 Å². The molecule has 0 spiro atoms. The Morgan fingerprint density at radius 2 is 2.23 bits per heavy atom. The first-order valence-corrected chi connectivity index (χ1v) is 7.90. The third-order valence-electron chi connectivity index (χ3n) is 4.52. The fourth-order valence-electron chi connectivity index (χ4n) is 3.31. The molecule has 2 aromatic heterocycles. The second-order valence-corrected chi connectivity index (χ2v) is 6.21. The Labute approximate surface area is 130 Å². The van der Waals surface area contributed by atoms with E-state index in [0.29, 0.717) is 17.7 Å². The summed E-state index contributed by atoms with van der Waals surface area (Å²) in [4.78, 5) is 19.2. The van der Waals surface area contributed by atoms with Crippen LogP contribution in [0.2, 0.25) is 0 Å². The van der Waals surface area contributed by atoms with Crippen molar-refractivity contribution in [3.63, 3.8) is 0 Å². The smallest absolute Gasteiger partial charge is 0.355 e. The molecular weight excluding hydrogens is 278 g/mol. The summed E-state index contributed by atoms with van der Waals surface area (Å²) < 4.78 is 6.88. The molecule has 3 rings (SSSR count). The Morgan fingerprint density at radius 1 is 1.41 bits per heavy atom. The van der Waals surface area contributed by atoms with Crippen molar-refractivity contribution in [2.45, 2.75) is 38.6 Å². The third-order valence-corrected chi connectivity index (χ3v) is 4.52. The van der Waals surface area contributed by atoms with E-state index in [9.17, 15) is 4.79 Å². The average Bonchev–Trinajstić information content (AvgIpc) is 2.98. The lowest BCUT2D eigenvalue weighted by Gasteiger charge is -2.35. The molecule has 1 aliphatic heterocycles.